The second-order valence-electron chi connectivity index (χ2n) is 4.63. The number of carbonyl (C=O) groups excluding carboxylic acids is 1. The molecule has 0 spiro atoms. The van der Waals surface area contributed by atoms with Gasteiger partial charge in [-0.3, -0.25) is 0 Å². The number of aromatic nitrogens is 1. The zero-order valence-corrected chi connectivity index (χ0v) is 10.6. The number of nitrogens with zero attached hydrogens (tertiary/aromatic N) is 3. The van der Waals surface area contributed by atoms with Crippen LogP contribution in [-0.2, 0) is 9.47 Å². The molecule has 2 aliphatic heterocycles. The van der Waals surface area contributed by atoms with Crippen LogP contribution in [-0.4, -0.2) is 61.5 Å². The van der Waals surface area contributed by atoms with Crippen molar-refractivity contribution in [2.24, 2.45) is 0 Å². The van der Waals surface area contributed by atoms with Crippen molar-refractivity contribution < 1.29 is 14.3 Å². The summed E-state index contributed by atoms with van der Waals surface area (Å²) in [4.78, 5) is 20.0. The highest BCUT2D eigenvalue weighted by atomic mass is 16.6. The Balaban J connectivity index is 1.50. The Labute approximate surface area is 111 Å². The van der Waals surface area contributed by atoms with Crippen molar-refractivity contribution in [1.29, 1.82) is 0 Å². The second kappa shape index (κ2) is 5.44. The molecule has 0 unspecified atom stereocenters. The van der Waals surface area contributed by atoms with Crippen molar-refractivity contribution in [1.82, 2.24) is 9.88 Å². The van der Waals surface area contributed by atoms with Crippen LogP contribution in [0.1, 0.15) is 0 Å². The highest BCUT2D eigenvalue weighted by molar-refractivity contribution is 5.68. The van der Waals surface area contributed by atoms with Gasteiger partial charge in [0.25, 0.3) is 0 Å². The Bertz CT molecular complexity index is 428. The maximum Gasteiger partial charge on any atom is 0.410 e. The first kappa shape index (κ1) is 12.2. The number of piperazine rings is 1. The predicted octanol–water partition coefficient (Wildman–Crippen LogP) is 0.539. The lowest BCUT2D eigenvalue weighted by Crippen LogP contribution is -2.51. The average Bonchev–Trinajstić information content (AvgIpc) is 2.44. The number of ether oxygens (including phenoxy) is 2. The number of hydrogen-bond donors (Lipinski definition) is 0. The highest BCUT2D eigenvalue weighted by Gasteiger charge is 2.28. The van der Waals surface area contributed by atoms with E-state index in [1.165, 1.54) is 0 Å². The van der Waals surface area contributed by atoms with Gasteiger partial charge in [0.05, 0.1) is 13.2 Å². The molecule has 3 heterocycles. The molecule has 2 aliphatic rings. The zero-order valence-electron chi connectivity index (χ0n) is 10.6. The first-order valence-corrected chi connectivity index (χ1v) is 6.43. The van der Waals surface area contributed by atoms with E-state index in [0.29, 0.717) is 26.3 Å². The number of carbonyl (C=O) groups is 1. The summed E-state index contributed by atoms with van der Waals surface area (Å²) in [6.45, 7) is 3.89. The lowest BCUT2D eigenvalue weighted by molar-refractivity contribution is -0.104. The summed E-state index contributed by atoms with van der Waals surface area (Å²) in [5.74, 6) is 0.905. The van der Waals surface area contributed by atoms with Crippen molar-refractivity contribution >= 4 is 11.9 Å². The van der Waals surface area contributed by atoms with Gasteiger partial charge in [0.15, 0.2) is 6.10 Å². The topological polar surface area (TPSA) is 54.9 Å². The van der Waals surface area contributed by atoms with E-state index in [4.69, 9.17) is 9.47 Å². The van der Waals surface area contributed by atoms with Crippen molar-refractivity contribution in [2.75, 3.05) is 44.3 Å². The Kier molecular flexibility index (Phi) is 3.50. The normalized spacial score (nSPS) is 20.0. The molecule has 0 aromatic carbocycles. The van der Waals surface area contributed by atoms with Gasteiger partial charge in [0, 0.05) is 32.4 Å². The lowest BCUT2D eigenvalue weighted by atomic mass is 10.3. The van der Waals surface area contributed by atoms with Crippen molar-refractivity contribution in [3.05, 3.63) is 24.4 Å². The van der Waals surface area contributed by atoms with Crippen LogP contribution in [0.25, 0.3) is 0 Å². The van der Waals surface area contributed by atoms with E-state index in [1.54, 1.807) is 17.2 Å². The Hall–Kier alpha value is -1.82. The largest absolute Gasteiger partial charge is 0.441 e. The van der Waals surface area contributed by atoms with Gasteiger partial charge in [-0.1, -0.05) is 0 Å². The second-order valence-corrected chi connectivity index (χ2v) is 4.63. The summed E-state index contributed by atoms with van der Waals surface area (Å²) in [6.07, 6.45) is 1.43. The summed E-state index contributed by atoms with van der Waals surface area (Å²) in [5, 5.41) is 0. The molecule has 0 N–H and O–H groups in total. The van der Waals surface area contributed by atoms with E-state index in [1.807, 2.05) is 6.07 Å². The average molecular weight is 262 g/mol. The van der Waals surface area contributed by atoms with Crippen LogP contribution >= 0.6 is 0 Å². The fraction of sp³-hybridized carbons (Fsp3) is 0.538. The van der Waals surface area contributed by atoms with Crippen molar-refractivity contribution in [3.63, 3.8) is 0 Å². The minimum absolute atomic E-state index is 0.0593. The van der Waals surface area contributed by atoms with Crippen LogP contribution in [0.4, 0.5) is 10.6 Å². The summed E-state index contributed by atoms with van der Waals surface area (Å²) in [5.41, 5.74) is 0. The smallest absolute Gasteiger partial charge is 0.410 e. The van der Waals surface area contributed by atoms with E-state index in [9.17, 15) is 4.79 Å². The minimum Gasteiger partial charge on any atom is -0.441 e. The molecule has 0 atom stereocenters. The maximum absolute atomic E-state index is 11.9. The maximum atomic E-state index is 11.9. The van der Waals surface area contributed by atoms with Gasteiger partial charge in [-0.15, -0.1) is 0 Å². The van der Waals surface area contributed by atoms with E-state index in [2.05, 4.69) is 16.0 Å². The Morgan fingerprint density at radius 3 is 2.74 bits per heavy atom. The molecule has 6 heteroatoms. The Morgan fingerprint density at radius 1 is 1.37 bits per heavy atom. The molecule has 6 nitrogen and oxygen atoms in total. The van der Waals surface area contributed by atoms with Crippen LogP contribution in [0.2, 0.25) is 0 Å². The van der Waals surface area contributed by atoms with Gasteiger partial charge in [0.2, 0.25) is 0 Å². The van der Waals surface area contributed by atoms with Crippen LogP contribution in [0.3, 0.4) is 0 Å². The van der Waals surface area contributed by atoms with Crippen molar-refractivity contribution in [2.45, 2.75) is 6.10 Å². The first-order chi connectivity index (χ1) is 9.33. The summed E-state index contributed by atoms with van der Waals surface area (Å²) < 4.78 is 10.3. The van der Waals surface area contributed by atoms with Gasteiger partial charge < -0.3 is 19.3 Å². The van der Waals surface area contributed by atoms with Gasteiger partial charge in [-0.25, -0.2) is 9.78 Å². The van der Waals surface area contributed by atoms with E-state index < -0.39 is 0 Å². The van der Waals surface area contributed by atoms with Gasteiger partial charge >= 0.3 is 6.09 Å². The van der Waals surface area contributed by atoms with Crippen LogP contribution in [0.15, 0.2) is 18.3 Å². The summed E-state index contributed by atoms with van der Waals surface area (Å²) in [6, 6.07) is 6.65. The van der Waals surface area contributed by atoms with E-state index >= 15 is 0 Å². The molecule has 3 rings (SSSR count). The molecule has 0 aliphatic carbocycles. The Morgan fingerprint density at radius 2 is 2.16 bits per heavy atom. The number of rotatable bonds is 2. The van der Waals surface area contributed by atoms with Gasteiger partial charge in [-0.2, -0.15) is 0 Å². The molecule has 1 aromatic heterocycles. The molecular formula is C13H16N3O3. The van der Waals surface area contributed by atoms with E-state index in [-0.39, 0.29) is 12.2 Å². The molecule has 1 radical (unpaired) electrons. The third-order valence-corrected chi connectivity index (χ3v) is 3.33. The molecule has 2 fully saturated rings. The number of pyridine rings is 1. The molecular weight excluding hydrogens is 246 g/mol. The van der Waals surface area contributed by atoms with Crippen LogP contribution in [0, 0.1) is 6.07 Å². The highest BCUT2D eigenvalue weighted by Crippen LogP contribution is 2.14. The molecule has 2 saturated heterocycles. The fourth-order valence-electron chi connectivity index (χ4n) is 2.11. The number of anilines is 1. The monoisotopic (exact) mass is 262 g/mol. The molecule has 0 bridgehead atoms. The third-order valence-electron chi connectivity index (χ3n) is 3.33. The van der Waals surface area contributed by atoms with Crippen molar-refractivity contribution in [3.8, 4) is 0 Å². The standard InChI is InChI=1S/C13H16N3O3/c17-13(19-11-9-18-10-11)16-7-5-15(6-8-16)12-3-1-2-4-14-12/h2-4,11H,5-10H2. The molecule has 1 aromatic rings. The fourth-order valence-corrected chi connectivity index (χ4v) is 2.11. The van der Waals surface area contributed by atoms with Gasteiger partial charge in [0.1, 0.15) is 5.82 Å². The molecule has 1 amide bonds. The SMILES string of the molecule is O=C(OC1COC1)N1CCN(c2c[c]ccn2)CC1. The van der Waals surface area contributed by atoms with Crippen LogP contribution in [0.5, 0.6) is 0 Å². The molecule has 0 saturated carbocycles. The minimum atomic E-state index is -0.236. The summed E-state index contributed by atoms with van der Waals surface area (Å²) in [7, 11) is 0. The zero-order chi connectivity index (χ0) is 13.1. The lowest BCUT2D eigenvalue weighted by Gasteiger charge is -2.36. The first-order valence-electron chi connectivity index (χ1n) is 6.43. The number of amides is 1. The molecule has 19 heavy (non-hydrogen) atoms. The number of hydrogen-bond acceptors (Lipinski definition) is 5. The van der Waals surface area contributed by atoms with E-state index in [0.717, 1.165) is 18.9 Å². The quantitative estimate of drug-likeness (QED) is 0.778. The van der Waals surface area contributed by atoms with Crippen LogP contribution < -0.4 is 4.90 Å². The van der Waals surface area contributed by atoms with Gasteiger partial charge in [-0.05, 0) is 18.2 Å². The summed E-state index contributed by atoms with van der Waals surface area (Å²) >= 11 is 0. The predicted molar refractivity (Wildman–Crippen MR) is 67.9 cm³/mol. The molecule has 101 valence electrons. The third kappa shape index (κ3) is 2.78.